The van der Waals surface area contributed by atoms with Crippen LogP contribution in [0.4, 0.5) is 14.6 Å². The van der Waals surface area contributed by atoms with Gasteiger partial charge in [0.25, 0.3) is 14.2 Å². The molecule has 6 aromatic rings. The summed E-state index contributed by atoms with van der Waals surface area (Å²) < 4.78 is 48.6. The van der Waals surface area contributed by atoms with Crippen molar-refractivity contribution in [1.29, 1.82) is 0 Å². The van der Waals surface area contributed by atoms with Gasteiger partial charge in [0.1, 0.15) is 34.9 Å². The predicted molar refractivity (Wildman–Crippen MR) is 193 cm³/mol. The number of pyridine rings is 1. The van der Waals surface area contributed by atoms with Gasteiger partial charge < -0.3 is 19.2 Å². The highest BCUT2D eigenvalue weighted by atomic mass is 35.5. The van der Waals surface area contributed by atoms with Crippen molar-refractivity contribution in [3.05, 3.63) is 126 Å². The number of hydrogen-bond donors (Lipinski definition) is 1. The molecule has 14 heteroatoms. The second-order valence-electron chi connectivity index (χ2n) is 12.6. The SMILES string of the molecule is CC(C)(C)[Si](OCCOC[C@H](Oc1ncnc2c1cnn2-c1c(F)cccc1Cl)C(=O)Nc1ccc(F)cn1)(c1ccccc1)c1ccccc1. The van der Waals surface area contributed by atoms with Crippen LogP contribution in [0.2, 0.25) is 10.1 Å². The number of hydrogen-bond acceptors (Lipinski definition) is 8. The van der Waals surface area contributed by atoms with E-state index in [1.54, 1.807) is 0 Å². The third-order valence-corrected chi connectivity index (χ3v) is 13.6. The molecule has 51 heavy (non-hydrogen) atoms. The first-order chi connectivity index (χ1) is 24.6. The number of para-hydroxylation sites is 1. The second-order valence-corrected chi connectivity index (χ2v) is 17.3. The van der Waals surface area contributed by atoms with Crippen LogP contribution in [0.3, 0.4) is 0 Å². The molecular weight excluding hydrogens is 694 g/mol. The summed E-state index contributed by atoms with van der Waals surface area (Å²) in [5, 5.41) is 9.34. The molecule has 10 nitrogen and oxygen atoms in total. The van der Waals surface area contributed by atoms with Crippen molar-refractivity contribution >= 4 is 53.1 Å². The van der Waals surface area contributed by atoms with Gasteiger partial charge in [0.05, 0.1) is 37.2 Å². The lowest BCUT2D eigenvalue weighted by Gasteiger charge is -2.43. The van der Waals surface area contributed by atoms with Crippen molar-refractivity contribution in [2.75, 3.05) is 25.1 Å². The van der Waals surface area contributed by atoms with Crippen LogP contribution in [-0.4, -0.2) is 64.9 Å². The zero-order chi connectivity index (χ0) is 36.0. The molecule has 0 fully saturated rings. The molecule has 3 aromatic heterocycles. The number of rotatable bonds is 13. The molecule has 0 aliphatic carbocycles. The maximum atomic E-state index is 14.8. The molecule has 0 aliphatic heterocycles. The minimum absolute atomic E-state index is 0.000263. The van der Waals surface area contributed by atoms with E-state index in [4.69, 9.17) is 25.5 Å². The van der Waals surface area contributed by atoms with Gasteiger partial charge in [-0.3, -0.25) is 4.79 Å². The summed E-state index contributed by atoms with van der Waals surface area (Å²) in [6, 6.07) is 27.2. The fraction of sp³-hybridized carbons (Fsp3) is 0.216. The van der Waals surface area contributed by atoms with Crippen molar-refractivity contribution in [2.45, 2.75) is 31.9 Å². The number of benzene rings is 3. The smallest absolute Gasteiger partial charge is 0.269 e. The molecule has 0 saturated heterocycles. The third kappa shape index (κ3) is 7.66. The molecule has 0 radical (unpaired) electrons. The number of anilines is 1. The van der Waals surface area contributed by atoms with Crippen LogP contribution in [-0.2, 0) is 14.0 Å². The third-order valence-electron chi connectivity index (χ3n) is 8.24. The van der Waals surface area contributed by atoms with Gasteiger partial charge >= 0.3 is 0 Å². The number of nitrogens with zero attached hydrogens (tertiary/aromatic N) is 5. The van der Waals surface area contributed by atoms with Gasteiger partial charge in [-0.1, -0.05) is 99.1 Å². The Bertz CT molecular complexity index is 2040. The summed E-state index contributed by atoms with van der Waals surface area (Å²) in [6.07, 6.45) is 2.32. The Morgan fingerprint density at radius 3 is 2.22 bits per heavy atom. The van der Waals surface area contributed by atoms with E-state index >= 15 is 0 Å². The number of carbonyl (C=O) groups is 1. The summed E-state index contributed by atoms with van der Waals surface area (Å²) in [5.74, 6) is -1.68. The molecule has 3 aromatic carbocycles. The monoisotopic (exact) mass is 728 g/mol. The molecule has 0 bridgehead atoms. The van der Waals surface area contributed by atoms with Gasteiger partial charge in [-0.05, 0) is 39.7 Å². The zero-order valence-electron chi connectivity index (χ0n) is 28.1. The normalized spacial score (nSPS) is 12.5. The van der Waals surface area contributed by atoms with Gasteiger partial charge in [-0.15, -0.1) is 0 Å². The Morgan fingerprint density at radius 1 is 0.882 bits per heavy atom. The summed E-state index contributed by atoms with van der Waals surface area (Å²) >= 11 is 6.30. The van der Waals surface area contributed by atoms with Crippen molar-refractivity contribution in [3.63, 3.8) is 0 Å². The quantitative estimate of drug-likeness (QED) is 0.112. The number of carbonyl (C=O) groups excluding carboxylic acids is 1. The molecule has 0 unspecified atom stereocenters. The molecular formula is C37H35ClF2N6O4Si. The van der Waals surface area contributed by atoms with Gasteiger partial charge in [0, 0.05) is 0 Å². The van der Waals surface area contributed by atoms with Crippen LogP contribution in [0.1, 0.15) is 20.8 Å². The first-order valence-electron chi connectivity index (χ1n) is 16.1. The van der Waals surface area contributed by atoms with Gasteiger partial charge in [0.15, 0.2) is 5.65 Å². The number of aromatic nitrogens is 5. The Kier molecular flexibility index (Phi) is 10.8. The maximum Gasteiger partial charge on any atom is 0.269 e. The van der Waals surface area contributed by atoms with E-state index in [9.17, 15) is 13.6 Å². The number of amides is 1. The highest BCUT2D eigenvalue weighted by Gasteiger charge is 2.50. The first-order valence-corrected chi connectivity index (χ1v) is 18.4. The molecule has 0 aliphatic rings. The maximum absolute atomic E-state index is 14.8. The summed E-state index contributed by atoms with van der Waals surface area (Å²) in [6.45, 7) is 6.70. The van der Waals surface area contributed by atoms with E-state index in [0.29, 0.717) is 5.39 Å². The Labute approximate surface area is 299 Å². The van der Waals surface area contributed by atoms with Crippen molar-refractivity contribution in [2.24, 2.45) is 0 Å². The highest BCUT2D eigenvalue weighted by molar-refractivity contribution is 6.99. The average Bonchev–Trinajstić information content (AvgIpc) is 3.55. The van der Waals surface area contributed by atoms with Gasteiger partial charge in [0.2, 0.25) is 12.0 Å². The van der Waals surface area contributed by atoms with E-state index in [1.165, 1.54) is 47.5 Å². The number of halogens is 3. The van der Waals surface area contributed by atoms with Crippen LogP contribution in [0.5, 0.6) is 5.88 Å². The Morgan fingerprint density at radius 2 is 1.59 bits per heavy atom. The molecule has 1 atom stereocenters. The van der Waals surface area contributed by atoms with E-state index < -0.39 is 32.0 Å². The first kappa shape index (κ1) is 35.7. The standard InChI is InChI=1S/C37H35ClF2N6O4Si/c1-37(2,3)51(26-11-6-4-7-12-26,27-13-8-5-9-14-27)49-20-19-48-23-31(35(47)45-32-18-17-25(39)21-41-32)50-36-28-22-44-46(34(28)42-24-43-36)33-29(38)15-10-16-30(33)40/h4-18,21-22,24,31H,19-20,23H2,1-3H3,(H,41,45,47)/t31-/m0/s1. The van der Waals surface area contributed by atoms with Gasteiger partial charge in [-0.2, -0.15) is 5.10 Å². The fourth-order valence-corrected chi connectivity index (χ4v) is 10.7. The van der Waals surface area contributed by atoms with Crippen LogP contribution in [0.15, 0.2) is 110 Å². The van der Waals surface area contributed by atoms with Crippen LogP contribution in [0.25, 0.3) is 16.7 Å². The summed E-state index contributed by atoms with van der Waals surface area (Å²) in [5.41, 5.74) is 0.200. The van der Waals surface area contributed by atoms with Crippen LogP contribution in [0, 0.1) is 11.6 Å². The second kappa shape index (κ2) is 15.4. The van der Waals surface area contributed by atoms with E-state index in [0.717, 1.165) is 16.6 Å². The molecule has 1 N–H and O–H groups in total. The summed E-state index contributed by atoms with van der Waals surface area (Å²) in [7, 11) is -2.82. The van der Waals surface area contributed by atoms with Crippen molar-refractivity contribution in [3.8, 4) is 11.6 Å². The fourth-order valence-electron chi connectivity index (χ4n) is 5.93. The number of nitrogens with one attached hydrogen (secondary N) is 1. The summed E-state index contributed by atoms with van der Waals surface area (Å²) in [4.78, 5) is 26.0. The lowest BCUT2D eigenvalue weighted by atomic mass is 10.2. The van der Waals surface area contributed by atoms with Crippen LogP contribution >= 0.6 is 11.6 Å². The van der Waals surface area contributed by atoms with Crippen molar-refractivity contribution in [1.82, 2.24) is 24.7 Å². The highest BCUT2D eigenvalue weighted by Crippen LogP contribution is 2.36. The molecule has 1 amide bonds. The van der Waals surface area contributed by atoms with E-state index in [1.807, 2.05) is 36.4 Å². The molecule has 3 heterocycles. The van der Waals surface area contributed by atoms with Gasteiger partial charge in [-0.25, -0.2) is 28.4 Å². The Balaban J connectivity index is 1.23. The predicted octanol–water partition coefficient (Wildman–Crippen LogP) is 6.12. The van der Waals surface area contributed by atoms with Crippen LogP contribution < -0.4 is 20.4 Å². The number of fused-ring (bicyclic) bond motifs is 1. The Hall–Kier alpha value is -5.08. The lowest BCUT2D eigenvalue weighted by molar-refractivity contribution is -0.125. The van der Waals surface area contributed by atoms with E-state index in [2.05, 4.69) is 70.4 Å². The number of ether oxygens (including phenoxy) is 2. The minimum Gasteiger partial charge on any atom is -0.461 e. The molecule has 6 rings (SSSR count). The van der Waals surface area contributed by atoms with Crippen molar-refractivity contribution < 1.29 is 27.5 Å². The topological polar surface area (TPSA) is 113 Å². The molecule has 0 saturated carbocycles. The molecule has 0 spiro atoms. The zero-order valence-corrected chi connectivity index (χ0v) is 29.8. The average molecular weight is 729 g/mol. The minimum atomic E-state index is -2.82. The van der Waals surface area contributed by atoms with E-state index in [-0.39, 0.29) is 52.9 Å². The lowest BCUT2D eigenvalue weighted by Crippen LogP contribution is -2.66. The molecule has 262 valence electrons. The largest absolute Gasteiger partial charge is 0.461 e.